The van der Waals surface area contributed by atoms with E-state index in [1.54, 1.807) is 41.6 Å². The van der Waals surface area contributed by atoms with Crippen molar-refractivity contribution in [2.45, 2.75) is 25.3 Å². The first-order valence-electron chi connectivity index (χ1n) is 9.35. The van der Waals surface area contributed by atoms with Crippen molar-refractivity contribution < 1.29 is 17.9 Å². The number of para-hydroxylation sites is 1. The van der Waals surface area contributed by atoms with Gasteiger partial charge in [0.2, 0.25) is 0 Å². The zero-order chi connectivity index (χ0) is 20.3. The van der Waals surface area contributed by atoms with Crippen LogP contribution in [0.4, 0.5) is 0 Å². The Morgan fingerprint density at radius 3 is 2.61 bits per heavy atom. The molecule has 2 aromatic rings. The van der Waals surface area contributed by atoms with Crippen LogP contribution in [0.1, 0.15) is 29.5 Å². The number of aryl methyl sites for hydroxylation is 2. The molecule has 0 spiro atoms. The fraction of sp³-hybridized carbons (Fsp3) is 0.474. The molecule has 1 amide bonds. The van der Waals surface area contributed by atoms with Crippen LogP contribution in [0.5, 0.6) is 5.75 Å². The molecule has 1 aromatic carbocycles. The van der Waals surface area contributed by atoms with Crippen molar-refractivity contribution in [3.8, 4) is 5.75 Å². The van der Waals surface area contributed by atoms with E-state index in [4.69, 9.17) is 4.74 Å². The normalized spacial score (nSPS) is 16.0. The number of nitrogens with zero attached hydrogens (tertiary/aromatic N) is 4. The lowest BCUT2D eigenvalue weighted by Gasteiger charge is -2.22. The molecule has 3 rings (SSSR count). The van der Waals surface area contributed by atoms with Gasteiger partial charge in [-0.25, -0.2) is 13.4 Å². The molecular weight excluding hydrogens is 380 g/mol. The smallest absolute Gasteiger partial charge is 0.262 e. The predicted octanol–water partition coefficient (Wildman–Crippen LogP) is 1.66. The van der Waals surface area contributed by atoms with E-state index in [1.807, 2.05) is 13.0 Å². The Labute approximate surface area is 165 Å². The molecule has 1 aliphatic heterocycles. The number of ether oxygens (including phenoxy) is 1. The molecule has 0 unspecified atom stereocenters. The molecule has 152 valence electrons. The monoisotopic (exact) mass is 406 g/mol. The minimum absolute atomic E-state index is 0.0500. The summed E-state index contributed by atoms with van der Waals surface area (Å²) in [5, 5.41) is 0.0500. The molecule has 0 aliphatic carbocycles. The number of benzene rings is 1. The van der Waals surface area contributed by atoms with Crippen molar-refractivity contribution in [1.82, 2.24) is 18.8 Å². The second-order valence-corrected chi connectivity index (χ2v) is 8.60. The SMILES string of the molecule is CCOc1ccccc1C(=O)N1CCCN(S(=O)(=O)c2cn(C)c(C)n2)CC1. The van der Waals surface area contributed by atoms with Crippen molar-refractivity contribution in [1.29, 1.82) is 0 Å². The fourth-order valence-electron chi connectivity index (χ4n) is 3.22. The number of carbonyl (C=O) groups is 1. The van der Waals surface area contributed by atoms with Gasteiger partial charge in [0, 0.05) is 39.4 Å². The average molecular weight is 407 g/mol. The Bertz CT molecular complexity index is 935. The second kappa shape index (κ2) is 8.32. The second-order valence-electron chi connectivity index (χ2n) is 6.72. The average Bonchev–Trinajstić information content (AvgIpc) is 2.87. The third-order valence-corrected chi connectivity index (χ3v) is 6.62. The number of imidazole rings is 1. The number of sulfonamides is 1. The zero-order valence-corrected chi connectivity index (χ0v) is 17.3. The molecule has 1 aromatic heterocycles. The third-order valence-electron chi connectivity index (χ3n) is 4.85. The van der Waals surface area contributed by atoms with E-state index in [1.165, 1.54) is 10.5 Å². The number of carbonyl (C=O) groups excluding carboxylic acids is 1. The van der Waals surface area contributed by atoms with Crippen LogP contribution >= 0.6 is 0 Å². The van der Waals surface area contributed by atoms with E-state index in [-0.39, 0.29) is 17.5 Å². The molecule has 0 bridgehead atoms. The lowest BCUT2D eigenvalue weighted by Crippen LogP contribution is -2.37. The molecule has 8 nitrogen and oxygen atoms in total. The summed E-state index contributed by atoms with van der Waals surface area (Å²) in [5.74, 6) is 1.04. The summed E-state index contributed by atoms with van der Waals surface area (Å²) in [7, 11) is -1.91. The summed E-state index contributed by atoms with van der Waals surface area (Å²) < 4.78 is 34.5. The van der Waals surface area contributed by atoms with Gasteiger partial charge in [0.05, 0.1) is 12.2 Å². The first kappa shape index (κ1) is 20.3. The van der Waals surface area contributed by atoms with E-state index >= 15 is 0 Å². The molecule has 28 heavy (non-hydrogen) atoms. The highest BCUT2D eigenvalue weighted by molar-refractivity contribution is 7.89. The number of hydrogen-bond acceptors (Lipinski definition) is 5. The Morgan fingerprint density at radius 1 is 1.18 bits per heavy atom. The van der Waals surface area contributed by atoms with E-state index < -0.39 is 10.0 Å². The van der Waals surface area contributed by atoms with Crippen LogP contribution in [0.3, 0.4) is 0 Å². The van der Waals surface area contributed by atoms with Crippen LogP contribution in [0.2, 0.25) is 0 Å². The Balaban J connectivity index is 1.75. The van der Waals surface area contributed by atoms with Gasteiger partial charge in [-0.05, 0) is 32.4 Å². The number of hydrogen-bond donors (Lipinski definition) is 0. The van der Waals surface area contributed by atoms with Crippen molar-refractivity contribution in [3.63, 3.8) is 0 Å². The number of amides is 1. The largest absolute Gasteiger partial charge is 0.493 e. The van der Waals surface area contributed by atoms with E-state index in [9.17, 15) is 13.2 Å². The highest BCUT2D eigenvalue weighted by atomic mass is 32.2. The van der Waals surface area contributed by atoms with Gasteiger partial charge in [-0.15, -0.1) is 0 Å². The maximum atomic E-state index is 13.0. The Kier molecular flexibility index (Phi) is 6.04. The summed E-state index contributed by atoms with van der Waals surface area (Å²) in [6, 6.07) is 7.14. The van der Waals surface area contributed by atoms with Gasteiger partial charge >= 0.3 is 0 Å². The highest BCUT2D eigenvalue weighted by Gasteiger charge is 2.31. The summed E-state index contributed by atoms with van der Waals surface area (Å²) in [4.78, 5) is 18.8. The minimum Gasteiger partial charge on any atom is -0.493 e. The molecule has 0 atom stereocenters. The summed E-state index contributed by atoms with van der Waals surface area (Å²) in [6.07, 6.45) is 2.09. The topological polar surface area (TPSA) is 84.7 Å². The summed E-state index contributed by atoms with van der Waals surface area (Å²) in [6.45, 7) is 5.51. The highest BCUT2D eigenvalue weighted by Crippen LogP contribution is 2.22. The molecular formula is C19H26N4O4S. The zero-order valence-electron chi connectivity index (χ0n) is 16.5. The fourth-order valence-corrected chi connectivity index (χ4v) is 4.71. The van der Waals surface area contributed by atoms with Crippen molar-refractivity contribution >= 4 is 15.9 Å². The van der Waals surface area contributed by atoms with Gasteiger partial charge < -0.3 is 14.2 Å². The summed E-state index contributed by atoms with van der Waals surface area (Å²) in [5.41, 5.74) is 0.501. The van der Waals surface area contributed by atoms with Crippen molar-refractivity contribution in [2.75, 3.05) is 32.8 Å². The van der Waals surface area contributed by atoms with Gasteiger partial charge in [-0.1, -0.05) is 12.1 Å². The first-order chi connectivity index (χ1) is 13.3. The molecule has 2 heterocycles. The van der Waals surface area contributed by atoms with E-state index in [0.29, 0.717) is 49.8 Å². The van der Waals surface area contributed by atoms with E-state index in [0.717, 1.165) is 0 Å². The van der Waals surface area contributed by atoms with Crippen LogP contribution in [0, 0.1) is 6.92 Å². The van der Waals surface area contributed by atoms with Crippen LogP contribution in [-0.2, 0) is 17.1 Å². The van der Waals surface area contributed by atoms with Gasteiger partial charge in [-0.2, -0.15) is 4.31 Å². The standard InChI is InChI=1S/C19H26N4O4S/c1-4-27-17-9-6-5-8-16(17)19(24)22-10-7-11-23(13-12-22)28(25,26)18-14-21(3)15(2)20-18/h5-6,8-9,14H,4,7,10-13H2,1-3H3. The minimum atomic E-state index is -3.68. The molecule has 1 fully saturated rings. The quantitative estimate of drug-likeness (QED) is 0.754. The van der Waals surface area contributed by atoms with Crippen LogP contribution < -0.4 is 4.74 Å². The van der Waals surface area contributed by atoms with Gasteiger partial charge in [0.1, 0.15) is 11.6 Å². The van der Waals surface area contributed by atoms with Gasteiger partial charge in [-0.3, -0.25) is 4.79 Å². The predicted molar refractivity (Wildman–Crippen MR) is 105 cm³/mol. The maximum absolute atomic E-state index is 13.0. The molecule has 0 N–H and O–H groups in total. The summed E-state index contributed by atoms with van der Waals surface area (Å²) >= 11 is 0. The molecule has 1 saturated heterocycles. The van der Waals surface area contributed by atoms with Crippen LogP contribution in [0.15, 0.2) is 35.5 Å². The lowest BCUT2D eigenvalue weighted by molar-refractivity contribution is 0.0760. The van der Waals surface area contributed by atoms with Crippen molar-refractivity contribution in [2.24, 2.45) is 7.05 Å². The molecule has 1 aliphatic rings. The van der Waals surface area contributed by atoms with Gasteiger partial charge in [0.15, 0.2) is 5.03 Å². The molecule has 9 heteroatoms. The van der Waals surface area contributed by atoms with Crippen LogP contribution in [0.25, 0.3) is 0 Å². The first-order valence-corrected chi connectivity index (χ1v) is 10.8. The number of aromatic nitrogens is 2. The Hall–Kier alpha value is -2.39. The van der Waals surface area contributed by atoms with Gasteiger partial charge in [0.25, 0.3) is 15.9 Å². The van der Waals surface area contributed by atoms with Crippen LogP contribution in [-0.4, -0.2) is 65.9 Å². The molecule has 0 saturated carbocycles. The molecule has 0 radical (unpaired) electrons. The van der Waals surface area contributed by atoms with Crippen molar-refractivity contribution in [3.05, 3.63) is 41.9 Å². The lowest BCUT2D eigenvalue weighted by atomic mass is 10.1. The maximum Gasteiger partial charge on any atom is 0.262 e. The number of rotatable bonds is 5. The van der Waals surface area contributed by atoms with E-state index in [2.05, 4.69) is 4.98 Å². The third kappa shape index (κ3) is 4.05. The Morgan fingerprint density at radius 2 is 1.93 bits per heavy atom.